The quantitative estimate of drug-likeness (QED) is 0.450. The Hall–Kier alpha value is -2.45. The van der Waals surface area contributed by atoms with E-state index in [0.29, 0.717) is 17.5 Å². The summed E-state index contributed by atoms with van der Waals surface area (Å²) < 4.78 is 7.52. The fourth-order valence-corrected chi connectivity index (χ4v) is 4.20. The van der Waals surface area contributed by atoms with Crippen molar-refractivity contribution in [3.8, 4) is 22.1 Å². The molecule has 0 saturated carbocycles. The van der Waals surface area contributed by atoms with Crippen LogP contribution in [0.5, 0.6) is 0 Å². The third kappa shape index (κ3) is 3.30. The Labute approximate surface area is 159 Å². The van der Waals surface area contributed by atoms with Crippen molar-refractivity contribution < 1.29 is 4.52 Å². The molecule has 1 aromatic carbocycles. The van der Waals surface area contributed by atoms with Gasteiger partial charge in [-0.05, 0) is 30.9 Å². The number of benzene rings is 1. The first-order valence-corrected chi connectivity index (χ1v) is 10.1. The van der Waals surface area contributed by atoms with E-state index in [1.807, 2.05) is 42.6 Å². The van der Waals surface area contributed by atoms with E-state index in [0.717, 1.165) is 33.5 Å². The van der Waals surface area contributed by atoms with E-state index in [1.54, 1.807) is 23.1 Å². The summed E-state index contributed by atoms with van der Waals surface area (Å²) in [6.45, 7) is 4.93. The zero-order valence-electron chi connectivity index (χ0n) is 14.4. The molecule has 0 N–H and O–H groups in total. The molecule has 0 bridgehead atoms. The highest BCUT2D eigenvalue weighted by atomic mass is 32.2. The SMILES string of the molecule is CCn1c(SCc2nc(-c3ccccc3C)no2)nnc1-c1cccs1. The first kappa shape index (κ1) is 17.0. The minimum absolute atomic E-state index is 0.557. The van der Waals surface area contributed by atoms with Crippen molar-refractivity contribution >= 4 is 23.1 Å². The number of aromatic nitrogens is 5. The molecule has 0 spiro atoms. The van der Waals surface area contributed by atoms with Crippen LogP contribution in [0.2, 0.25) is 0 Å². The van der Waals surface area contributed by atoms with Crippen molar-refractivity contribution in [1.82, 2.24) is 24.9 Å². The van der Waals surface area contributed by atoms with Gasteiger partial charge in [0.2, 0.25) is 11.7 Å². The molecule has 3 heterocycles. The van der Waals surface area contributed by atoms with E-state index in [2.05, 4.69) is 37.9 Å². The summed E-state index contributed by atoms with van der Waals surface area (Å²) in [5.74, 6) is 2.66. The number of thioether (sulfide) groups is 1. The Morgan fingerprint density at radius 3 is 2.81 bits per heavy atom. The first-order valence-electron chi connectivity index (χ1n) is 8.24. The maximum atomic E-state index is 5.41. The van der Waals surface area contributed by atoms with Gasteiger partial charge in [0.15, 0.2) is 11.0 Å². The Kier molecular flexibility index (Phi) is 4.85. The molecule has 0 aliphatic rings. The number of rotatable bonds is 6. The fraction of sp³-hybridized carbons (Fsp3) is 0.222. The second kappa shape index (κ2) is 7.43. The largest absolute Gasteiger partial charge is 0.338 e. The van der Waals surface area contributed by atoms with Crippen LogP contribution in [-0.2, 0) is 12.3 Å². The molecule has 0 fully saturated rings. The number of hydrogen-bond acceptors (Lipinski definition) is 7. The summed E-state index contributed by atoms with van der Waals surface area (Å²) in [5, 5.41) is 15.7. The van der Waals surface area contributed by atoms with Gasteiger partial charge in [-0.15, -0.1) is 21.5 Å². The maximum Gasteiger partial charge on any atom is 0.237 e. The topological polar surface area (TPSA) is 69.6 Å². The van der Waals surface area contributed by atoms with Crippen molar-refractivity contribution in [2.45, 2.75) is 31.3 Å². The van der Waals surface area contributed by atoms with Crippen molar-refractivity contribution in [2.24, 2.45) is 0 Å². The minimum Gasteiger partial charge on any atom is -0.338 e. The van der Waals surface area contributed by atoms with Gasteiger partial charge >= 0.3 is 0 Å². The fourth-order valence-electron chi connectivity index (χ4n) is 2.64. The molecular weight excluding hydrogens is 366 g/mol. The number of thiophene rings is 1. The van der Waals surface area contributed by atoms with Crippen LogP contribution in [-0.4, -0.2) is 24.9 Å². The lowest BCUT2D eigenvalue weighted by Crippen LogP contribution is -1.99. The van der Waals surface area contributed by atoms with Crippen molar-refractivity contribution in [3.63, 3.8) is 0 Å². The van der Waals surface area contributed by atoms with Crippen LogP contribution in [0, 0.1) is 6.92 Å². The lowest BCUT2D eigenvalue weighted by molar-refractivity contribution is 0.391. The predicted molar refractivity (Wildman–Crippen MR) is 103 cm³/mol. The van der Waals surface area contributed by atoms with Crippen LogP contribution in [0.3, 0.4) is 0 Å². The molecule has 3 aromatic heterocycles. The summed E-state index contributed by atoms with van der Waals surface area (Å²) in [5.41, 5.74) is 2.11. The molecule has 0 radical (unpaired) electrons. The minimum atomic E-state index is 0.557. The monoisotopic (exact) mass is 383 g/mol. The van der Waals surface area contributed by atoms with Crippen LogP contribution in [0.4, 0.5) is 0 Å². The Morgan fingerprint density at radius 2 is 2.04 bits per heavy atom. The molecule has 4 aromatic rings. The highest BCUT2D eigenvalue weighted by molar-refractivity contribution is 7.98. The number of nitrogens with zero attached hydrogens (tertiary/aromatic N) is 5. The van der Waals surface area contributed by atoms with Gasteiger partial charge in [0.05, 0.1) is 10.6 Å². The molecule has 0 aliphatic carbocycles. The van der Waals surface area contributed by atoms with Gasteiger partial charge < -0.3 is 9.09 Å². The molecule has 0 atom stereocenters. The maximum absolute atomic E-state index is 5.41. The molecule has 6 nitrogen and oxygen atoms in total. The molecule has 0 saturated heterocycles. The molecule has 4 rings (SSSR count). The van der Waals surface area contributed by atoms with Crippen LogP contribution >= 0.6 is 23.1 Å². The highest BCUT2D eigenvalue weighted by Crippen LogP contribution is 2.29. The van der Waals surface area contributed by atoms with Gasteiger partial charge in [-0.25, -0.2) is 0 Å². The number of hydrogen-bond donors (Lipinski definition) is 0. The van der Waals surface area contributed by atoms with Crippen molar-refractivity contribution in [1.29, 1.82) is 0 Å². The zero-order chi connectivity index (χ0) is 17.9. The molecule has 26 heavy (non-hydrogen) atoms. The van der Waals surface area contributed by atoms with E-state index >= 15 is 0 Å². The molecular formula is C18H17N5OS2. The normalized spacial score (nSPS) is 11.2. The second-order valence-corrected chi connectivity index (χ2v) is 7.53. The van der Waals surface area contributed by atoms with Gasteiger partial charge in [-0.2, -0.15) is 4.98 Å². The van der Waals surface area contributed by atoms with Gasteiger partial charge in [0.25, 0.3) is 0 Å². The first-order chi connectivity index (χ1) is 12.8. The molecule has 0 amide bonds. The molecule has 0 unspecified atom stereocenters. The van der Waals surface area contributed by atoms with Gasteiger partial charge in [-0.3, -0.25) is 0 Å². The highest BCUT2D eigenvalue weighted by Gasteiger charge is 2.16. The Bertz CT molecular complexity index is 1010. The smallest absolute Gasteiger partial charge is 0.237 e. The summed E-state index contributed by atoms with van der Waals surface area (Å²) in [7, 11) is 0. The lowest BCUT2D eigenvalue weighted by atomic mass is 10.1. The predicted octanol–water partition coefficient (Wildman–Crippen LogP) is 4.68. The lowest BCUT2D eigenvalue weighted by Gasteiger charge is -2.04. The van der Waals surface area contributed by atoms with Crippen LogP contribution in [0.15, 0.2) is 51.5 Å². The molecule has 0 aliphatic heterocycles. The summed E-state index contributed by atoms with van der Waals surface area (Å²) >= 11 is 3.22. The average molecular weight is 384 g/mol. The van der Waals surface area contributed by atoms with Gasteiger partial charge in [-0.1, -0.05) is 47.3 Å². The summed E-state index contributed by atoms with van der Waals surface area (Å²) in [6.07, 6.45) is 0. The van der Waals surface area contributed by atoms with Crippen LogP contribution < -0.4 is 0 Å². The third-order valence-corrected chi connectivity index (χ3v) is 5.77. The standard InChI is InChI=1S/C18H17N5OS2/c1-3-23-17(14-9-6-10-25-14)20-21-18(23)26-11-15-19-16(22-24-15)13-8-5-4-7-12(13)2/h4-10H,3,11H2,1-2H3. The number of aryl methyl sites for hydroxylation is 1. The zero-order valence-corrected chi connectivity index (χ0v) is 16.0. The van der Waals surface area contributed by atoms with E-state index in [9.17, 15) is 0 Å². The van der Waals surface area contributed by atoms with E-state index < -0.39 is 0 Å². The third-order valence-electron chi connectivity index (χ3n) is 3.95. The molecule has 132 valence electrons. The summed E-state index contributed by atoms with van der Waals surface area (Å²) in [6, 6.07) is 12.1. The second-order valence-electron chi connectivity index (χ2n) is 5.64. The van der Waals surface area contributed by atoms with E-state index in [4.69, 9.17) is 4.52 Å². The van der Waals surface area contributed by atoms with E-state index in [-0.39, 0.29) is 0 Å². The Morgan fingerprint density at radius 1 is 1.15 bits per heavy atom. The average Bonchev–Trinajstić information content (AvgIpc) is 3.39. The van der Waals surface area contributed by atoms with Gasteiger partial charge in [0.1, 0.15) is 0 Å². The van der Waals surface area contributed by atoms with Crippen molar-refractivity contribution in [2.75, 3.05) is 0 Å². The summed E-state index contributed by atoms with van der Waals surface area (Å²) in [4.78, 5) is 5.63. The van der Waals surface area contributed by atoms with E-state index in [1.165, 1.54) is 0 Å². The Balaban J connectivity index is 1.51. The van der Waals surface area contributed by atoms with Crippen LogP contribution in [0.25, 0.3) is 22.1 Å². The van der Waals surface area contributed by atoms with Crippen molar-refractivity contribution in [3.05, 3.63) is 53.2 Å². The molecule has 8 heteroatoms. The van der Waals surface area contributed by atoms with Gasteiger partial charge in [0, 0.05) is 12.1 Å². The van der Waals surface area contributed by atoms with Crippen LogP contribution in [0.1, 0.15) is 18.4 Å².